The van der Waals surface area contributed by atoms with E-state index in [1.165, 1.54) is 6.92 Å². The van der Waals surface area contributed by atoms with Gasteiger partial charge in [0.2, 0.25) is 23.6 Å². The second kappa shape index (κ2) is 16.5. The van der Waals surface area contributed by atoms with E-state index in [0.717, 1.165) is 0 Å². The average Bonchev–Trinajstić information content (AvgIpc) is 3.45. The second-order valence-electron chi connectivity index (χ2n) is 13.6. The summed E-state index contributed by atoms with van der Waals surface area (Å²) in [6.45, 7) is 9.95. The van der Waals surface area contributed by atoms with E-state index in [1.54, 1.807) is 49.9 Å². The van der Waals surface area contributed by atoms with Crippen molar-refractivity contribution >= 4 is 47.2 Å². The van der Waals surface area contributed by atoms with Gasteiger partial charge in [-0.2, -0.15) is 0 Å². The number of benzene rings is 1. The predicted molar refractivity (Wildman–Crippen MR) is 175 cm³/mol. The molecule has 16 nitrogen and oxygen atoms in total. The lowest BCUT2D eigenvalue weighted by atomic mass is 10.0. The standard InChI is InChI=1S/C32H48N8O8/c1-17(2)13-21-27(44)38-31(48)36-25(18(3)41)29(46)37-26(30(47)39-32(4,5)6)40-12-8-11-22(40)28(45)34-20-10-7-9-19(14-20)15-23(42)33-16-24(43)35-21/h7,9-10,14,17-18,21-22,25-26,41H,8,11-13,15-16H2,1-6H3,(H,33,42)(H,34,45)(H,35,43)(H,37,46)(H,39,47)(H2,36,38,44,48)/t18-,21+,22+,25+,26-/m1/s1. The molecular formula is C32H48N8O8. The third-order valence-electron chi connectivity index (χ3n) is 7.61. The number of aliphatic hydroxyl groups is 1. The van der Waals surface area contributed by atoms with Crippen molar-refractivity contribution in [2.24, 2.45) is 5.92 Å². The van der Waals surface area contributed by atoms with E-state index in [9.17, 15) is 38.7 Å². The number of carbonyl (C=O) groups is 7. The first kappa shape index (κ1) is 37.9. The van der Waals surface area contributed by atoms with Crippen LogP contribution in [-0.4, -0.2) is 101 Å². The minimum atomic E-state index is -1.62. The Labute approximate surface area is 279 Å². The minimum Gasteiger partial charge on any atom is -0.391 e. The van der Waals surface area contributed by atoms with Gasteiger partial charge in [-0.1, -0.05) is 26.0 Å². The van der Waals surface area contributed by atoms with E-state index in [2.05, 4.69) is 37.2 Å². The van der Waals surface area contributed by atoms with Crippen molar-refractivity contribution in [1.82, 2.24) is 36.8 Å². The number of fused-ring (bicyclic) bond motifs is 3. The van der Waals surface area contributed by atoms with E-state index in [1.807, 2.05) is 13.8 Å². The molecule has 3 rings (SSSR count). The second-order valence-corrected chi connectivity index (χ2v) is 13.6. The Morgan fingerprint density at radius 3 is 2.31 bits per heavy atom. The third kappa shape index (κ3) is 11.3. The van der Waals surface area contributed by atoms with Crippen LogP contribution in [0.5, 0.6) is 0 Å². The molecular weight excluding hydrogens is 624 g/mol. The van der Waals surface area contributed by atoms with Crippen molar-refractivity contribution in [3.8, 4) is 0 Å². The summed E-state index contributed by atoms with van der Waals surface area (Å²) in [6.07, 6.45) is -1.90. The molecule has 1 fully saturated rings. The van der Waals surface area contributed by atoms with Crippen molar-refractivity contribution in [2.75, 3.05) is 18.4 Å². The maximum atomic E-state index is 13.6. The zero-order valence-corrected chi connectivity index (χ0v) is 28.3. The summed E-state index contributed by atoms with van der Waals surface area (Å²) in [6, 6.07) is 1.86. The number of amides is 8. The van der Waals surface area contributed by atoms with E-state index in [-0.39, 0.29) is 25.3 Å². The van der Waals surface area contributed by atoms with Crippen LogP contribution in [0.2, 0.25) is 0 Å². The molecule has 2 heterocycles. The van der Waals surface area contributed by atoms with Gasteiger partial charge in [0.1, 0.15) is 12.1 Å². The molecule has 48 heavy (non-hydrogen) atoms. The molecule has 0 unspecified atom stereocenters. The van der Waals surface area contributed by atoms with Crippen LogP contribution in [0, 0.1) is 5.92 Å². The highest BCUT2D eigenvalue weighted by atomic mass is 16.3. The summed E-state index contributed by atoms with van der Waals surface area (Å²) in [5.74, 6) is -4.11. The monoisotopic (exact) mass is 672 g/mol. The lowest BCUT2D eigenvalue weighted by Gasteiger charge is -2.35. The highest BCUT2D eigenvalue weighted by Gasteiger charge is 2.42. The summed E-state index contributed by atoms with van der Waals surface area (Å²) in [5.41, 5.74) is 0.242. The fraction of sp³-hybridized carbons (Fsp3) is 0.594. The minimum absolute atomic E-state index is 0.0772. The van der Waals surface area contributed by atoms with Gasteiger partial charge in [0.05, 0.1) is 25.1 Å². The van der Waals surface area contributed by atoms with Gasteiger partial charge in [-0.05, 0) is 70.6 Å². The number of anilines is 1. The first-order valence-electron chi connectivity index (χ1n) is 16.1. The van der Waals surface area contributed by atoms with Gasteiger partial charge in [-0.25, -0.2) is 4.79 Å². The highest BCUT2D eigenvalue weighted by molar-refractivity contribution is 6.01. The number of urea groups is 1. The van der Waals surface area contributed by atoms with Gasteiger partial charge in [0.25, 0.3) is 11.8 Å². The lowest BCUT2D eigenvalue weighted by Crippen LogP contribution is -2.65. The molecule has 264 valence electrons. The summed E-state index contributed by atoms with van der Waals surface area (Å²) in [7, 11) is 0. The molecule has 0 aromatic heterocycles. The fourth-order valence-electron chi connectivity index (χ4n) is 5.48. The van der Waals surface area contributed by atoms with Crippen LogP contribution in [0.25, 0.3) is 0 Å². The van der Waals surface area contributed by atoms with E-state index >= 15 is 0 Å². The van der Waals surface area contributed by atoms with Crippen LogP contribution in [0.1, 0.15) is 66.4 Å². The Balaban J connectivity index is 2.00. The Hall–Kier alpha value is -4.57. The van der Waals surface area contributed by atoms with Crippen LogP contribution in [0.4, 0.5) is 10.5 Å². The molecule has 2 aliphatic heterocycles. The quantitative estimate of drug-likeness (QED) is 0.201. The molecule has 8 N–H and O–H groups in total. The summed E-state index contributed by atoms with van der Waals surface area (Å²) in [5, 5.41) is 28.1. The molecule has 1 aromatic rings. The number of hydrogen-bond donors (Lipinski definition) is 8. The number of carbonyl (C=O) groups excluding carboxylic acids is 7. The zero-order chi connectivity index (χ0) is 35.8. The Kier molecular flexibility index (Phi) is 13.0. The van der Waals surface area contributed by atoms with E-state index in [0.29, 0.717) is 24.1 Å². The number of aliphatic hydroxyl groups excluding tert-OH is 1. The number of hydrogen-bond acceptors (Lipinski definition) is 9. The summed E-state index contributed by atoms with van der Waals surface area (Å²) >= 11 is 0. The largest absolute Gasteiger partial charge is 0.391 e. The third-order valence-corrected chi connectivity index (χ3v) is 7.61. The van der Waals surface area contributed by atoms with Crippen LogP contribution in [-0.2, 0) is 35.2 Å². The SMILES string of the molecule is CC(C)C[C@@H]1NC(=O)CNC(=O)Cc2cccc(c2)NC(=O)[C@@H]2CCCN2[C@H](C(=O)NC(C)(C)C)NC(=O)[C@H]([C@@H](C)O)NC(=O)NC1=O. The highest BCUT2D eigenvalue weighted by Crippen LogP contribution is 2.23. The fourth-order valence-corrected chi connectivity index (χ4v) is 5.48. The first-order chi connectivity index (χ1) is 22.4. The molecule has 0 spiro atoms. The van der Waals surface area contributed by atoms with Crippen LogP contribution in [0.15, 0.2) is 24.3 Å². The normalized spacial score (nSPS) is 24.8. The average molecular weight is 673 g/mol. The van der Waals surface area contributed by atoms with Gasteiger partial charge in [0.15, 0.2) is 6.17 Å². The smallest absolute Gasteiger partial charge is 0.322 e. The summed E-state index contributed by atoms with van der Waals surface area (Å²) in [4.78, 5) is 93.6. The number of nitrogens with one attached hydrogen (secondary N) is 7. The van der Waals surface area contributed by atoms with Crippen molar-refractivity contribution in [3.05, 3.63) is 29.8 Å². The van der Waals surface area contributed by atoms with Gasteiger partial charge >= 0.3 is 6.03 Å². The van der Waals surface area contributed by atoms with Gasteiger partial charge in [-0.3, -0.25) is 39.0 Å². The number of imide groups is 1. The molecule has 1 saturated heterocycles. The Bertz CT molecular complexity index is 1390. The van der Waals surface area contributed by atoms with Crippen LogP contribution in [0.3, 0.4) is 0 Å². The molecule has 0 saturated carbocycles. The van der Waals surface area contributed by atoms with Crippen molar-refractivity contribution < 1.29 is 38.7 Å². The summed E-state index contributed by atoms with van der Waals surface area (Å²) < 4.78 is 0. The van der Waals surface area contributed by atoms with Crippen molar-refractivity contribution in [1.29, 1.82) is 0 Å². The molecule has 2 aliphatic rings. The maximum Gasteiger partial charge on any atom is 0.322 e. The van der Waals surface area contributed by atoms with E-state index in [4.69, 9.17) is 0 Å². The Morgan fingerprint density at radius 1 is 0.958 bits per heavy atom. The van der Waals surface area contributed by atoms with Crippen LogP contribution < -0.4 is 37.2 Å². The van der Waals surface area contributed by atoms with Gasteiger partial charge in [-0.15, -0.1) is 0 Å². The molecule has 8 amide bonds. The molecule has 16 heteroatoms. The molecule has 0 aliphatic carbocycles. The predicted octanol–water partition coefficient (Wildman–Crippen LogP) is -0.775. The zero-order valence-electron chi connectivity index (χ0n) is 28.3. The first-order valence-corrected chi connectivity index (χ1v) is 16.1. The molecule has 2 bridgehead atoms. The van der Waals surface area contributed by atoms with Gasteiger partial charge < -0.3 is 37.0 Å². The number of nitrogens with zero attached hydrogens (tertiary/aromatic N) is 1. The molecule has 5 atom stereocenters. The van der Waals surface area contributed by atoms with Gasteiger partial charge in [0, 0.05) is 17.8 Å². The molecule has 0 radical (unpaired) electrons. The van der Waals surface area contributed by atoms with Crippen molar-refractivity contribution in [2.45, 2.75) is 103 Å². The lowest BCUT2D eigenvalue weighted by molar-refractivity contribution is -0.138. The molecule has 1 aromatic carbocycles. The Morgan fingerprint density at radius 2 is 1.67 bits per heavy atom. The number of rotatable bonds is 4. The van der Waals surface area contributed by atoms with Crippen LogP contribution >= 0.6 is 0 Å². The topological polar surface area (TPSA) is 227 Å². The van der Waals surface area contributed by atoms with E-state index < -0.39 is 84.0 Å². The van der Waals surface area contributed by atoms with Crippen molar-refractivity contribution in [3.63, 3.8) is 0 Å². The maximum absolute atomic E-state index is 13.6.